The zero-order valence-corrected chi connectivity index (χ0v) is 11.7. The molecule has 2 heterocycles. The summed E-state index contributed by atoms with van der Waals surface area (Å²) in [5.74, 6) is -1.60. The quantitative estimate of drug-likeness (QED) is 0.781. The van der Waals surface area contributed by atoms with Crippen LogP contribution in [0, 0.1) is 11.8 Å². The Hall–Kier alpha value is -1.92. The number of hydrazone groups is 1. The van der Waals surface area contributed by atoms with E-state index < -0.39 is 11.9 Å². The summed E-state index contributed by atoms with van der Waals surface area (Å²) in [5, 5.41) is 14.3. The van der Waals surface area contributed by atoms with Crippen molar-refractivity contribution < 1.29 is 19.5 Å². The molecule has 2 aliphatic heterocycles. The lowest BCUT2D eigenvalue weighted by Gasteiger charge is -2.35. The van der Waals surface area contributed by atoms with Crippen LogP contribution >= 0.6 is 0 Å². The molecule has 0 aliphatic carbocycles. The van der Waals surface area contributed by atoms with Gasteiger partial charge in [0.25, 0.3) is 5.91 Å². The molecular formula is C13H19N3O4. The second kappa shape index (κ2) is 5.60. The van der Waals surface area contributed by atoms with Gasteiger partial charge in [-0.2, -0.15) is 5.10 Å². The Kier molecular flexibility index (Phi) is 4.06. The summed E-state index contributed by atoms with van der Waals surface area (Å²) in [5.41, 5.74) is 0.338. The van der Waals surface area contributed by atoms with Gasteiger partial charge in [0.1, 0.15) is 5.71 Å². The second-order valence-electron chi connectivity index (χ2n) is 5.55. The molecule has 2 rings (SSSR count). The Morgan fingerprint density at radius 2 is 2.00 bits per heavy atom. The third-order valence-electron chi connectivity index (χ3n) is 3.75. The number of nitrogens with zero attached hydrogens (tertiary/aromatic N) is 3. The van der Waals surface area contributed by atoms with E-state index in [9.17, 15) is 14.4 Å². The molecule has 2 aliphatic rings. The van der Waals surface area contributed by atoms with Gasteiger partial charge in [0, 0.05) is 33.0 Å². The lowest BCUT2D eigenvalue weighted by molar-refractivity contribution is -0.145. The Morgan fingerprint density at radius 3 is 2.60 bits per heavy atom. The average molecular weight is 281 g/mol. The van der Waals surface area contributed by atoms with Crippen molar-refractivity contribution in [1.29, 1.82) is 0 Å². The minimum absolute atomic E-state index is 0.114. The number of hydrogen-bond acceptors (Lipinski definition) is 4. The van der Waals surface area contributed by atoms with Crippen molar-refractivity contribution in [3.05, 3.63) is 0 Å². The summed E-state index contributed by atoms with van der Waals surface area (Å²) in [6.45, 7) is 2.70. The molecule has 110 valence electrons. The number of carboxylic acids is 1. The van der Waals surface area contributed by atoms with E-state index in [-0.39, 0.29) is 30.7 Å². The fraction of sp³-hybridized carbons (Fsp3) is 0.692. The van der Waals surface area contributed by atoms with Gasteiger partial charge < -0.3 is 10.0 Å². The lowest BCUT2D eigenvalue weighted by Crippen LogP contribution is -2.49. The van der Waals surface area contributed by atoms with Gasteiger partial charge in [-0.3, -0.25) is 14.4 Å². The predicted molar refractivity (Wildman–Crippen MR) is 70.9 cm³/mol. The van der Waals surface area contributed by atoms with E-state index >= 15 is 0 Å². The number of piperidine rings is 1. The third kappa shape index (κ3) is 2.97. The maximum atomic E-state index is 12.4. The maximum absolute atomic E-state index is 12.4. The fourth-order valence-electron chi connectivity index (χ4n) is 2.70. The first-order valence-electron chi connectivity index (χ1n) is 6.74. The molecule has 0 aromatic carbocycles. The largest absolute Gasteiger partial charge is 0.481 e. The van der Waals surface area contributed by atoms with E-state index in [1.54, 1.807) is 4.90 Å². The monoisotopic (exact) mass is 281 g/mol. The molecule has 2 amide bonds. The van der Waals surface area contributed by atoms with Gasteiger partial charge in [-0.05, 0) is 12.3 Å². The van der Waals surface area contributed by atoms with Crippen LogP contribution in [0.15, 0.2) is 5.10 Å². The van der Waals surface area contributed by atoms with Gasteiger partial charge in [-0.1, -0.05) is 6.92 Å². The van der Waals surface area contributed by atoms with Crippen LogP contribution in [0.2, 0.25) is 0 Å². The van der Waals surface area contributed by atoms with Crippen LogP contribution in [-0.2, 0) is 14.4 Å². The highest BCUT2D eigenvalue weighted by Gasteiger charge is 2.34. The number of carboxylic acid groups (broad SMARTS) is 1. The zero-order chi connectivity index (χ0) is 14.9. The topological polar surface area (TPSA) is 90.3 Å². The number of likely N-dealkylation sites (tertiary alicyclic amines) is 1. The summed E-state index contributed by atoms with van der Waals surface area (Å²) in [4.78, 5) is 36.4. The molecule has 0 radical (unpaired) electrons. The van der Waals surface area contributed by atoms with Crippen LogP contribution < -0.4 is 0 Å². The van der Waals surface area contributed by atoms with Crippen molar-refractivity contribution in [2.75, 3.05) is 20.1 Å². The SMILES string of the molecule is CC1CC(C(=O)O)CN(C(=O)C2=NN(C)C(=O)CC2)C1. The maximum Gasteiger partial charge on any atom is 0.308 e. The molecule has 0 spiro atoms. The highest BCUT2D eigenvalue weighted by molar-refractivity contribution is 6.39. The highest BCUT2D eigenvalue weighted by Crippen LogP contribution is 2.23. The summed E-state index contributed by atoms with van der Waals surface area (Å²) in [6, 6.07) is 0. The van der Waals surface area contributed by atoms with E-state index in [1.165, 1.54) is 12.1 Å². The van der Waals surface area contributed by atoms with Gasteiger partial charge in [-0.15, -0.1) is 0 Å². The Bertz CT molecular complexity index is 474. The molecular weight excluding hydrogens is 262 g/mol. The Balaban J connectivity index is 2.10. The van der Waals surface area contributed by atoms with E-state index in [1.807, 2.05) is 6.92 Å². The van der Waals surface area contributed by atoms with E-state index in [2.05, 4.69) is 5.10 Å². The first kappa shape index (κ1) is 14.5. The van der Waals surface area contributed by atoms with Crippen molar-refractivity contribution in [2.45, 2.75) is 26.2 Å². The second-order valence-corrected chi connectivity index (χ2v) is 5.55. The van der Waals surface area contributed by atoms with Gasteiger partial charge in [0.05, 0.1) is 5.92 Å². The highest BCUT2D eigenvalue weighted by atomic mass is 16.4. The molecule has 1 N–H and O–H groups in total. The van der Waals surface area contributed by atoms with Crippen molar-refractivity contribution in [3.63, 3.8) is 0 Å². The van der Waals surface area contributed by atoms with Crippen molar-refractivity contribution >= 4 is 23.5 Å². The van der Waals surface area contributed by atoms with Crippen LogP contribution in [0.5, 0.6) is 0 Å². The van der Waals surface area contributed by atoms with Gasteiger partial charge in [0.2, 0.25) is 5.91 Å². The number of amides is 2. The van der Waals surface area contributed by atoms with Crippen LogP contribution in [-0.4, -0.2) is 58.6 Å². The molecule has 1 saturated heterocycles. The number of carbonyl (C=O) groups excluding carboxylic acids is 2. The number of aliphatic carboxylic acids is 1. The molecule has 0 aromatic rings. The van der Waals surface area contributed by atoms with E-state index in [0.717, 1.165) is 0 Å². The first-order chi connectivity index (χ1) is 9.38. The summed E-state index contributed by atoms with van der Waals surface area (Å²) in [6.07, 6.45) is 1.18. The normalized spacial score (nSPS) is 27.3. The van der Waals surface area contributed by atoms with E-state index in [0.29, 0.717) is 25.1 Å². The molecule has 1 fully saturated rings. The fourth-order valence-corrected chi connectivity index (χ4v) is 2.70. The minimum atomic E-state index is -0.868. The van der Waals surface area contributed by atoms with Gasteiger partial charge in [-0.25, -0.2) is 5.01 Å². The smallest absolute Gasteiger partial charge is 0.308 e. The molecule has 0 saturated carbocycles. The first-order valence-corrected chi connectivity index (χ1v) is 6.74. The van der Waals surface area contributed by atoms with Crippen LogP contribution in [0.4, 0.5) is 0 Å². The molecule has 0 bridgehead atoms. The summed E-state index contributed by atoms with van der Waals surface area (Å²) < 4.78 is 0. The molecule has 2 unspecified atom stereocenters. The summed E-state index contributed by atoms with van der Waals surface area (Å²) in [7, 11) is 1.52. The molecule has 7 nitrogen and oxygen atoms in total. The van der Waals surface area contributed by atoms with Crippen molar-refractivity contribution in [1.82, 2.24) is 9.91 Å². The molecule has 2 atom stereocenters. The van der Waals surface area contributed by atoms with Crippen LogP contribution in [0.1, 0.15) is 26.2 Å². The van der Waals surface area contributed by atoms with E-state index in [4.69, 9.17) is 5.11 Å². The Labute approximate surface area is 117 Å². The standard InChI is InChI=1S/C13H19N3O4/c1-8-5-9(13(19)20)7-16(6-8)12(18)10-3-4-11(17)15(2)14-10/h8-9H,3-7H2,1-2H3,(H,19,20). The molecule has 0 aromatic heterocycles. The van der Waals surface area contributed by atoms with Crippen molar-refractivity contribution in [2.24, 2.45) is 16.9 Å². The zero-order valence-electron chi connectivity index (χ0n) is 11.7. The molecule has 20 heavy (non-hydrogen) atoms. The number of carbonyl (C=O) groups is 3. The third-order valence-corrected chi connectivity index (χ3v) is 3.75. The van der Waals surface area contributed by atoms with Crippen LogP contribution in [0.3, 0.4) is 0 Å². The Morgan fingerprint density at radius 1 is 1.30 bits per heavy atom. The van der Waals surface area contributed by atoms with Crippen LogP contribution in [0.25, 0.3) is 0 Å². The van der Waals surface area contributed by atoms with Gasteiger partial charge >= 0.3 is 5.97 Å². The minimum Gasteiger partial charge on any atom is -0.481 e. The van der Waals surface area contributed by atoms with Crippen molar-refractivity contribution in [3.8, 4) is 0 Å². The number of hydrogen-bond donors (Lipinski definition) is 1. The number of rotatable bonds is 2. The lowest BCUT2D eigenvalue weighted by atomic mass is 9.90. The summed E-state index contributed by atoms with van der Waals surface area (Å²) >= 11 is 0. The predicted octanol–water partition coefficient (Wildman–Crippen LogP) is 0.164. The average Bonchev–Trinajstić information content (AvgIpc) is 2.40. The molecule has 7 heteroatoms. The van der Waals surface area contributed by atoms with Gasteiger partial charge in [0.15, 0.2) is 0 Å².